The number of aryl methyl sites for hydroxylation is 1. The molecular weight excluding hydrogens is 458 g/mol. The van der Waals surface area contributed by atoms with E-state index in [1.54, 1.807) is 18.0 Å². The van der Waals surface area contributed by atoms with Crippen LogP contribution in [-0.2, 0) is 11.8 Å². The highest BCUT2D eigenvalue weighted by atomic mass is 35.5. The van der Waals surface area contributed by atoms with Crippen LogP contribution in [0.1, 0.15) is 0 Å². The molecule has 2 aliphatic heterocycles. The summed E-state index contributed by atoms with van der Waals surface area (Å²) in [5.41, 5.74) is 3.21. The van der Waals surface area contributed by atoms with E-state index in [9.17, 15) is 9.59 Å². The Balaban J connectivity index is 1.54. The third-order valence-corrected chi connectivity index (χ3v) is 6.93. The fourth-order valence-corrected chi connectivity index (χ4v) is 5.21. The number of nitrogens with zero attached hydrogens (tertiary/aromatic N) is 5. The molecule has 1 amide bonds. The van der Waals surface area contributed by atoms with Gasteiger partial charge in [-0.15, -0.1) is 0 Å². The summed E-state index contributed by atoms with van der Waals surface area (Å²) in [5.74, 6) is 0.670. The molecule has 34 heavy (non-hydrogen) atoms. The summed E-state index contributed by atoms with van der Waals surface area (Å²) in [6.45, 7) is 5.58. The van der Waals surface area contributed by atoms with Crippen LogP contribution in [0.2, 0.25) is 5.02 Å². The van der Waals surface area contributed by atoms with Gasteiger partial charge in [-0.3, -0.25) is 9.36 Å². The molecule has 172 valence electrons. The smallest absolute Gasteiger partial charge is 0.419 e. The molecule has 0 saturated carbocycles. The Hall–Kier alpha value is -3.85. The van der Waals surface area contributed by atoms with Crippen molar-refractivity contribution in [3.8, 4) is 16.9 Å². The minimum Gasteiger partial charge on any atom is -0.489 e. The number of fused-ring (bicyclic) bond motifs is 3. The van der Waals surface area contributed by atoms with Crippen LogP contribution in [0.25, 0.3) is 33.1 Å². The molecule has 0 N–H and O–H groups in total. The molecule has 1 saturated heterocycles. The van der Waals surface area contributed by atoms with Crippen LogP contribution in [-0.4, -0.2) is 57.6 Å². The SMILES string of the molecule is C=CC(=O)N1CCN2c3ncnc4cc(-c5cccc6oc(=O)n(C)c56)c(Cl)c(c34)OC[C@@H]2C1. The van der Waals surface area contributed by atoms with Crippen LogP contribution in [0.3, 0.4) is 0 Å². The molecule has 4 heterocycles. The molecular formula is C24H20ClN5O4. The second-order valence-electron chi connectivity index (χ2n) is 8.38. The largest absolute Gasteiger partial charge is 0.489 e. The number of halogens is 1. The lowest BCUT2D eigenvalue weighted by atomic mass is 10.0. The molecule has 2 aromatic carbocycles. The van der Waals surface area contributed by atoms with Crippen LogP contribution in [0.5, 0.6) is 5.75 Å². The average molecular weight is 478 g/mol. The van der Waals surface area contributed by atoms with Gasteiger partial charge in [0.25, 0.3) is 0 Å². The van der Waals surface area contributed by atoms with Crippen LogP contribution in [0.4, 0.5) is 5.82 Å². The van der Waals surface area contributed by atoms with Crippen LogP contribution in [0.15, 0.2) is 52.5 Å². The average Bonchev–Trinajstić information content (AvgIpc) is 3.04. The summed E-state index contributed by atoms with van der Waals surface area (Å²) < 4.78 is 13.1. The molecule has 0 radical (unpaired) electrons. The van der Waals surface area contributed by atoms with Gasteiger partial charge in [0.2, 0.25) is 5.91 Å². The fourth-order valence-electron chi connectivity index (χ4n) is 4.91. The van der Waals surface area contributed by atoms with Crippen molar-refractivity contribution in [3.63, 3.8) is 0 Å². The van der Waals surface area contributed by atoms with E-state index >= 15 is 0 Å². The molecule has 4 aromatic rings. The number of aromatic nitrogens is 3. The second kappa shape index (κ2) is 7.59. The van der Waals surface area contributed by atoms with Crippen molar-refractivity contribution < 1.29 is 13.9 Å². The number of rotatable bonds is 2. The highest BCUT2D eigenvalue weighted by Crippen LogP contribution is 2.46. The number of benzene rings is 2. The van der Waals surface area contributed by atoms with Crippen molar-refractivity contribution in [3.05, 3.63) is 58.8 Å². The van der Waals surface area contributed by atoms with Crippen molar-refractivity contribution in [2.24, 2.45) is 7.05 Å². The monoisotopic (exact) mass is 477 g/mol. The first-order chi connectivity index (χ1) is 16.5. The minimum absolute atomic E-state index is 0.0965. The number of para-hydroxylation sites is 1. The van der Waals surface area contributed by atoms with E-state index in [4.69, 9.17) is 20.8 Å². The molecule has 0 aliphatic carbocycles. The number of piperazine rings is 1. The van der Waals surface area contributed by atoms with E-state index in [2.05, 4.69) is 21.4 Å². The Morgan fingerprint density at radius 1 is 1.26 bits per heavy atom. The summed E-state index contributed by atoms with van der Waals surface area (Å²) in [4.78, 5) is 37.4. The number of anilines is 1. The highest BCUT2D eigenvalue weighted by Gasteiger charge is 2.35. The summed E-state index contributed by atoms with van der Waals surface area (Å²) in [5, 5.41) is 1.14. The van der Waals surface area contributed by atoms with Gasteiger partial charge in [0.1, 0.15) is 18.8 Å². The Morgan fingerprint density at radius 3 is 2.94 bits per heavy atom. The van der Waals surface area contributed by atoms with Gasteiger partial charge < -0.3 is 19.0 Å². The zero-order valence-electron chi connectivity index (χ0n) is 18.3. The standard InChI is InChI=1S/C24H20ClN5O4/c1-3-18(31)29-7-8-30-13(10-29)11-33-22-19-16(26-12-27-23(19)30)9-15(20(22)25)14-5-4-6-17-21(14)28(2)24(32)34-17/h3-6,9,12-13H,1,7-8,10-11H2,2H3/t13-/m0/s1. The number of oxazole rings is 1. The van der Waals surface area contributed by atoms with Crippen molar-refractivity contribution in [1.82, 2.24) is 19.4 Å². The summed E-state index contributed by atoms with van der Waals surface area (Å²) in [6, 6.07) is 7.24. The number of ether oxygens (including phenoxy) is 1. The molecule has 0 unspecified atom stereocenters. The first-order valence-corrected chi connectivity index (χ1v) is 11.2. The molecule has 0 spiro atoms. The van der Waals surface area contributed by atoms with Crippen LogP contribution >= 0.6 is 11.6 Å². The van der Waals surface area contributed by atoms with Crippen molar-refractivity contribution >= 4 is 45.3 Å². The quantitative estimate of drug-likeness (QED) is 0.410. The van der Waals surface area contributed by atoms with Gasteiger partial charge >= 0.3 is 5.76 Å². The van der Waals surface area contributed by atoms with Gasteiger partial charge in [-0.2, -0.15) is 0 Å². The summed E-state index contributed by atoms with van der Waals surface area (Å²) >= 11 is 6.96. The van der Waals surface area contributed by atoms with E-state index < -0.39 is 5.76 Å². The van der Waals surface area contributed by atoms with E-state index in [1.807, 2.05) is 18.2 Å². The van der Waals surface area contributed by atoms with E-state index in [0.29, 0.717) is 59.2 Å². The van der Waals surface area contributed by atoms with E-state index in [-0.39, 0.29) is 11.9 Å². The Bertz CT molecular complexity index is 1560. The first kappa shape index (κ1) is 20.7. The molecule has 0 bridgehead atoms. The number of carbonyl (C=O) groups is 1. The molecule has 10 heteroatoms. The molecule has 2 aromatic heterocycles. The number of hydrogen-bond acceptors (Lipinski definition) is 7. The minimum atomic E-state index is -0.450. The zero-order valence-corrected chi connectivity index (χ0v) is 19.1. The van der Waals surface area contributed by atoms with Crippen LogP contribution < -0.4 is 15.4 Å². The lowest BCUT2D eigenvalue weighted by Gasteiger charge is -2.40. The maximum absolute atomic E-state index is 12.2. The van der Waals surface area contributed by atoms with Crippen molar-refractivity contribution in [2.45, 2.75) is 6.04 Å². The third kappa shape index (κ3) is 2.93. The molecule has 1 fully saturated rings. The third-order valence-electron chi connectivity index (χ3n) is 6.56. The fraction of sp³-hybridized carbons (Fsp3) is 0.250. The van der Waals surface area contributed by atoms with Crippen molar-refractivity contribution in [1.29, 1.82) is 0 Å². The van der Waals surface area contributed by atoms with Gasteiger partial charge in [-0.05, 0) is 18.2 Å². The predicted octanol–water partition coefficient (Wildman–Crippen LogP) is 2.99. The number of hydrogen-bond donors (Lipinski definition) is 0. The van der Waals surface area contributed by atoms with E-state index in [1.165, 1.54) is 17.0 Å². The zero-order chi connectivity index (χ0) is 23.6. The van der Waals surface area contributed by atoms with Gasteiger partial charge in [0, 0.05) is 37.8 Å². The van der Waals surface area contributed by atoms with Gasteiger partial charge in [-0.25, -0.2) is 14.8 Å². The first-order valence-electron chi connectivity index (χ1n) is 10.8. The van der Waals surface area contributed by atoms with Crippen LogP contribution in [0, 0.1) is 0 Å². The van der Waals surface area contributed by atoms with E-state index in [0.717, 1.165) is 16.8 Å². The topological polar surface area (TPSA) is 93.7 Å². The molecule has 1 atom stereocenters. The number of amides is 1. The van der Waals surface area contributed by atoms with Gasteiger partial charge in [-0.1, -0.05) is 30.3 Å². The second-order valence-corrected chi connectivity index (χ2v) is 8.76. The lowest BCUT2D eigenvalue weighted by Crippen LogP contribution is -2.56. The Kier molecular flexibility index (Phi) is 4.63. The Labute approximate surface area is 198 Å². The Morgan fingerprint density at radius 2 is 2.12 bits per heavy atom. The normalized spacial score (nSPS) is 17.4. The van der Waals surface area contributed by atoms with Gasteiger partial charge in [0.05, 0.1) is 27.5 Å². The molecule has 6 rings (SSSR count). The maximum atomic E-state index is 12.2. The number of carbonyl (C=O) groups excluding carboxylic acids is 1. The molecule has 2 aliphatic rings. The summed E-state index contributed by atoms with van der Waals surface area (Å²) in [7, 11) is 1.66. The maximum Gasteiger partial charge on any atom is 0.419 e. The van der Waals surface area contributed by atoms with Crippen molar-refractivity contribution in [2.75, 3.05) is 31.1 Å². The predicted molar refractivity (Wildman–Crippen MR) is 128 cm³/mol. The molecule has 9 nitrogen and oxygen atoms in total. The van der Waals surface area contributed by atoms with Gasteiger partial charge in [0.15, 0.2) is 11.3 Å². The highest BCUT2D eigenvalue weighted by molar-refractivity contribution is 6.37. The lowest BCUT2D eigenvalue weighted by molar-refractivity contribution is -0.126. The summed E-state index contributed by atoms with van der Waals surface area (Å²) in [6.07, 6.45) is 2.86.